The monoisotopic (exact) mass is 307 g/mol. The van der Waals surface area contributed by atoms with Gasteiger partial charge in [-0.2, -0.15) is 5.10 Å². The summed E-state index contributed by atoms with van der Waals surface area (Å²) in [7, 11) is 0. The van der Waals surface area contributed by atoms with Crippen molar-refractivity contribution in [2.24, 2.45) is 5.10 Å². The van der Waals surface area contributed by atoms with Gasteiger partial charge in [-0.25, -0.2) is 5.43 Å². The molecule has 0 spiro atoms. The minimum atomic E-state index is -0.860. The minimum Gasteiger partial charge on any atom is -0.463 e. The molecular formula is C17H13N3O3. The third-order valence-electron chi connectivity index (χ3n) is 3.15. The maximum absolute atomic E-state index is 11.9. The van der Waals surface area contributed by atoms with Crippen LogP contribution >= 0.6 is 0 Å². The molecule has 0 fully saturated rings. The number of hydrogen-bond acceptors (Lipinski definition) is 4. The highest BCUT2D eigenvalue weighted by Crippen LogP contribution is 2.22. The fourth-order valence-corrected chi connectivity index (χ4v) is 2.08. The number of carbonyl (C=O) groups excluding carboxylic acids is 2. The average Bonchev–Trinajstić information content (AvgIpc) is 3.08. The van der Waals surface area contributed by atoms with E-state index in [0.29, 0.717) is 11.4 Å². The Labute approximate surface area is 131 Å². The van der Waals surface area contributed by atoms with Crippen molar-refractivity contribution in [3.63, 3.8) is 0 Å². The third kappa shape index (κ3) is 3.44. The highest BCUT2D eigenvalue weighted by atomic mass is 16.3. The molecule has 0 radical (unpaired) electrons. The summed E-state index contributed by atoms with van der Waals surface area (Å²) >= 11 is 0. The molecule has 2 amide bonds. The van der Waals surface area contributed by atoms with Gasteiger partial charge in [-0.3, -0.25) is 9.59 Å². The summed E-state index contributed by atoms with van der Waals surface area (Å²) in [5.41, 5.74) is 2.72. The van der Waals surface area contributed by atoms with E-state index in [1.807, 2.05) is 36.4 Å². The van der Waals surface area contributed by atoms with Crippen molar-refractivity contribution < 1.29 is 14.0 Å². The lowest BCUT2D eigenvalue weighted by molar-refractivity contribution is -0.136. The SMILES string of the molecule is O=C(NN=Cc1ccco1)C(=O)Nc1cccc2ccccc12. The summed E-state index contributed by atoms with van der Waals surface area (Å²) in [6.07, 6.45) is 2.79. The van der Waals surface area contributed by atoms with Crippen LogP contribution in [0.25, 0.3) is 10.8 Å². The number of furan rings is 1. The number of rotatable bonds is 3. The number of nitrogens with zero attached hydrogens (tertiary/aromatic N) is 1. The Morgan fingerprint density at radius 3 is 2.61 bits per heavy atom. The van der Waals surface area contributed by atoms with Crippen LogP contribution in [0.3, 0.4) is 0 Å². The van der Waals surface area contributed by atoms with E-state index in [9.17, 15) is 9.59 Å². The molecule has 6 nitrogen and oxygen atoms in total. The minimum absolute atomic E-state index is 0.472. The van der Waals surface area contributed by atoms with Crippen molar-refractivity contribution in [2.45, 2.75) is 0 Å². The quantitative estimate of drug-likeness (QED) is 0.443. The van der Waals surface area contributed by atoms with E-state index in [1.165, 1.54) is 12.5 Å². The molecule has 0 saturated heterocycles. The normalized spacial score (nSPS) is 10.8. The van der Waals surface area contributed by atoms with E-state index in [2.05, 4.69) is 15.8 Å². The van der Waals surface area contributed by atoms with Gasteiger partial charge in [0.1, 0.15) is 5.76 Å². The molecule has 3 rings (SSSR count). The molecule has 0 saturated carbocycles. The van der Waals surface area contributed by atoms with Crippen LogP contribution in [0.2, 0.25) is 0 Å². The molecule has 0 bridgehead atoms. The Hall–Kier alpha value is -3.41. The Kier molecular flexibility index (Phi) is 4.15. The summed E-state index contributed by atoms with van der Waals surface area (Å²) in [5, 5.41) is 8.07. The van der Waals surface area contributed by atoms with Gasteiger partial charge in [0.05, 0.1) is 12.5 Å². The van der Waals surface area contributed by atoms with Gasteiger partial charge >= 0.3 is 11.8 Å². The van der Waals surface area contributed by atoms with E-state index in [1.54, 1.807) is 18.2 Å². The zero-order chi connectivity index (χ0) is 16.1. The number of amides is 2. The van der Waals surface area contributed by atoms with Gasteiger partial charge in [-0.1, -0.05) is 36.4 Å². The smallest absolute Gasteiger partial charge is 0.329 e. The van der Waals surface area contributed by atoms with E-state index in [0.717, 1.165) is 10.8 Å². The Bertz CT molecular complexity index is 864. The van der Waals surface area contributed by atoms with Crippen LogP contribution in [0.15, 0.2) is 70.4 Å². The maximum atomic E-state index is 11.9. The number of benzene rings is 2. The summed E-state index contributed by atoms with van der Waals surface area (Å²) in [6.45, 7) is 0. The molecule has 1 heterocycles. The summed E-state index contributed by atoms with van der Waals surface area (Å²) in [4.78, 5) is 23.7. The Morgan fingerprint density at radius 2 is 1.78 bits per heavy atom. The molecule has 23 heavy (non-hydrogen) atoms. The number of anilines is 1. The van der Waals surface area contributed by atoms with Crippen molar-refractivity contribution in [1.29, 1.82) is 0 Å². The Morgan fingerprint density at radius 1 is 0.957 bits per heavy atom. The van der Waals surface area contributed by atoms with Crippen molar-refractivity contribution in [2.75, 3.05) is 5.32 Å². The molecule has 1 aromatic heterocycles. The van der Waals surface area contributed by atoms with Crippen LogP contribution < -0.4 is 10.7 Å². The lowest BCUT2D eigenvalue weighted by Crippen LogP contribution is -2.32. The standard InChI is InChI=1S/C17H13N3O3/c21-16(17(22)20-18-11-13-7-4-10-23-13)19-15-9-3-6-12-5-1-2-8-14(12)15/h1-11H,(H,19,21)(H,20,22). The number of fused-ring (bicyclic) bond motifs is 1. The third-order valence-corrected chi connectivity index (χ3v) is 3.15. The van der Waals surface area contributed by atoms with Crippen LogP contribution in [0.5, 0.6) is 0 Å². The zero-order valence-electron chi connectivity index (χ0n) is 12.0. The van der Waals surface area contributed by atoms with Gasteiger partial charge in [0, 0.05) is 11.1 Å². The van der Waals surface area contributed by atoms with E-state index >= 15 is 0 Å². The first-order valence-corrected chi connectivity index (χ1v) is 6.90. The van der Waals surface area contributed by atoms with Crippen LogP contribution in [-0.2, 0) is 9.59 Å². The van der Waals surface area contributed by atoms with Crippen molar-refractivity contribution in [3.8, 4) is 0 Å². The first-order valence-electron chi connectivity index (χ1n) is 6.90. The van der Waals surface area contributed by atoms with Crippen LogP contribution in [0.4, 0.5) is 5.69 Å². The fraction of sp³-hybridized carbons (Fsp3) is 0. The van der Waals surface area contributed by atoms with Gasteiger partial charge in [-0.05, 0) is 23.6 Å². The second-order valence-electron chi connectivity index (χ2n) is 4.70. The highest BCUT2D eigenvalue weighted by molar-refractivity contribution is 6.40. The predicted molar refractivity (Wildman–Crippen MR) is 87.0 cm³/mol. The molecule has 0 atom stereocenters. The highest BCUT2D eigenvalue weighted by Gasteiger charge is 2.14. The maximum Gasteiger partial charge on any atom is 0.329 e. The summed E-state index contributed by atoms with van der Waals surface area (Å²) < 4.78 is 5.02. The molecule has 0 aliphatic rings. The number of hydrogen-bond donors (Lipinski definition) is 2. The Balaban J connectivity index is 1.67. The largest absolute Gasteiger partial charge is 0.463 e. The van der Waals surface area contributed by atoms with Gasteiger partial charge in [0.25, 0.3) is 0 Å². The number of hydrazone groups is 1. The number of carbonyl (C=O) groups is 2. The lowest BCUT2D eigenvalue weighted by atomic mass is 10.1. The summed E-state index contributed by atoms with van der Waals surface area (Å²) in [6, 6.07) is 16.4. The average molecular weight is 307 g/mol. The molecule has 0 unspecified atom stereocenters. The molecule has 2 aromatic carbocycles. The molecule has 0 aliphatic heterocycles. The molecule has 3 aromatic rings. The van der Waals surface area contributed by atoms with E-state index in [4.69, 9.17) is 4.42 Å². The first kappa shape index (κ1) is 14.5. The lowest BCUT2D eigenvalue weighted by Gasteiger charge is -2.07. The molecule has 0 aliphatic carbocycles. The zero-order valence-corrected chi connectivity index (χ0v) is 12.0. The molecular weight excluding hydrogens is 294 g/mol. The molecule has 6 heteroatoms. The van der Waals surface area contributed by atoms with Gasteiger partial charge in [-0.15, -0.1) is 0 Å². The predicted octanol–water partition coefficient (Wildman–Crippen LogP) is 2.52. The van der Waals surface area contributed by atoms with Crippen LogP contribution in [0, 0.1) is 0 Å². The molecule has 114 valence electrons. The van der Waals surface area contributed by atoms with Crippen molar-refractivity contribution in [3.05, 3.63) is 66.6 Å². The van der Waals surface area contributed by atoms with Gasteiger partial charge in [0.15, 0.2) is 0 Å². The topological polar surface area (TPSA) is 83.7 Å². The van der Waals surface area contributed by atoms with Crippen molar-refractivity contribution in [1.82, 2.24) is 5.43 Å². The molecule has 2 N–H and O–H groups in total. The second-order valence-corrected chi connectivity index (χ2v) is 4.70. The van der Waals surface area contributed by atoms with Crippen LogP contribution in [0.1, 0.15) is 5.76 Å². The number of nitrogens with one attached hydrogen (secondary N) is 2. The van der Waals surface area contributed by atoms with Gasteiger partial charge in [0.2, 0.25) is 0 Å². The second kappa shape index (κ2) is 6.57. The fourth-order valence-electron chi connectivity index (χ4n) is 2.08. The van der Waals surface area contributed by atoms with E-state index < -0.39 is 11.8 Å². The van der Waals surface area contributed by atoms with Crippen LogP contribution in [-0.4, -0.2) is 18.0 Å². The van der Waals surface area contributed by atoms with E-state index in [-0.39, 0.29) is 0 Å². The van der Waals surface area contributed by atoms with Gasteiger partial charge < -0.3 is 9.73 Å². The first-order chi connectivity index (χ1) is 11.2. The van der Waals surface area contributed by atoms with Crippen molar-refractivity contribution >= 4 is 34.5 Å². The summed E-state index contributed by atoms with van der Waals surface area (Å²) in [5.74, 6) is -1.18.